The van der Waals surface area contributed by atoms with Crippen molar-refractivity contribution in [3.8, 4) is 0 Å². The molecule has 1 saturated carbocycles. The molecule has 1 aliphatic carbocycles. The summed E-state index contributed by atoms with van der Waals surface area (Å²) in [6.07, 6.45) is 4.42. The average molecular weight is 267 g/mol. The van der Waals surface area contributed by atoms with Gasteiger partial charge in [0, 0.05) is 16.6 Å². The lowest BCUT2D eigenvalue weighted by Gasteiger charge is -2.14. The van der Waals surface area contributed by atoms with Crippen LogP contribution in [0.5, 0.6) is 0 Å². The van der Waals surface area contributed by atoms with Gasteiger partial charge in [-0.05, 0) is 25.0 Å². The van der Waals surface area contributed by atoms with Crippen molar-refractivity contribution in [2.45, 2.75) is 25.0 Å². The van der Waals surface area contributed by atoms with E-state index in [0.29, 0.717) is 16.8 Å². The van der Waals surface area contributed by atoms with Crippen molar-refractivity contribution in [2.24, 2.45) is 0 Å². The van der Waals surface area contributed by atoms with E-state index in [-0.39, 0.29) is 5.56 Å². The van der Waals surface area contributed by atoms with Crippen LogP contribution in [0.4, 0.5) is 4.39 Å². The van der Waals surface area contributed by atoms with Gasteiger partial charge >= 0.3 is 0 Å². The van der Waals surface area contributed by atoms with Crippen molar-refractivity contribution in [2.75, 3.05) is 0 Å². The first-order chi connectivity index (χ1) is 8.66. The Labute approximate surface area is 109 Å². The average Bonchev–Trinajstić information content (AvgIpc) is 3.06. The first kappa shape index (κ1) is 11.7. The van der Waals surface area contributed by atoms with Crippen LogP contribution in [0.1, 0.15) is 36.2 Å². The van der Waals surface area contributed by atoms with Crippen molar-refractivity contribution < 1.29 is 9.50 Å². The Morgan fingerprint density at radius 1 is 1.44 bits per heavy atom. The molecule has 1 aromatic heterocycles. The number of benzene rings is 1. The molecule has 1 unspecified atom stereocenters. The molecule has 5 heteroatoms. The minimum absolute atomic E-state index is 0.224. The van der Waals surface area contributed by atoms with Crippen molar-refractivity contribution in [3.63, 3.8) is 0 Å². The number of aliphatic hydroxyl groups excluding tert-OH is 1. The van der Waals surface area contributed by atoms with E-state index in [1.54, 1.807) is 18.6 Å². The summed E-state index contributed by atoms with van der Waals surface area (Å²) >= 11 is 5.70. The lowest BCUT2D eigenvalue weighted by molar-refractivity contribution is 0.204. The highest BCUT2D eigenvalue weighted by Gasteiger charge is 2.28. The van der Waals surface area contributed by atoms with Gasteiger partial charge in [0.25, 0.3) is 0 Å². The Morgan fingerprint density at radius 3 is 2.89 bits per heavy atom. The Balaban J connectivity index is 1.97. The van der Waals surface area contributed by atoms with Crippen LogP contribution in [0.15, 0.2) is 30.7 Å². The molecular formula is C13H12ClFN2O. The summed E-state index contributed by atoms with van der Waals surface area (Å²) < 4.78 is 15.7. The maximum absolute atomic E-state index is 13.8. The number of hydrogen-bond donors (Lipinski definition) is 1. The molecule has 1 fully saturated rings. The Kier molecular flexibility index (Phi) is 2.84. The van der Waals surface area contributed by atoms with E-state index in [9.17, 15) is 9.50 Å². The molecule has 1 aromatic carbocycles. The number of halogens is 2. The summed E-state index contributed by atoms with van der Waals surface area (Å²) in [6.45, 7) is 0. The summed E-state index contributed by atoms with van der Waals surface area (Å²) in [5, 5.41) is 10.6. The Hall–Kier alpha value is -1.39. The van der Waals surface area contributed by atoms with E-state index in [4.69, 9.17) is 11.6 Å². The van der Waals surface area contributed by atoms with E-state index < -0.39 is 11.9 Å². The Bertz CT molecular complexity index is 580. The first-order valence-electron chi connectivity index (χ1n) is 5.81. The van der Waals surface area contributed by atoms with Gasteiger partial charge in [0.05, 0.1) is 18.2 Å². The molecule has 3 rings (SSSR count). The molecule has 1 N–H and O–H groups in total. The number of aliphatic hydroxyl groups is 1. The highest BCUT2D eigenvalue weighted by molar-refractivity contribution is 6.30. The monoisotopic (exact) mass is 266 g/mol. The number of aromatic nitrogens is 2. The third-order valence-electron chi connectivity index (χ3n) is 3.17. The van der Waals surface area contributed by atoms with Crippen LogP contribution in [-0.4, -0.2) is 14.7 Å². The molecule has 0 aliphatic heterocycles. The summed E-state index contributed by atoms with van der Waals surface area (Å²) in [5.74, 6) is -0.501. The van der Waals surface area contributed by atoms with Gasteiger partial charge in [-0.2, -0.15) is 0 Å². The van der Waals surface area contributed by atoms with Gasteiger partial charge in [0.1, 0.15) is 11.9 Å². The molecule has 0 amide bonds. The second kappa shape index (κ2) is 4.37. The zero-order chi connectivity index (χ0) is 12.7. The smallest absolute Gasteiger partial charge is 0.130 e. The minimum atomic E-state index is -1.01. The largest absolute Gasteiger partial charge is 0.382 e. The molecule has 94 valence electrons. The van der Waals surface area contributed by atoms with E-state index >= 15 is 0 Å². The maximum atomic E-state index is 13.8. The maximum Gasteiger partial charge on any atom is 0.130 e. The molecule has 0 saturated heterocycles. The third-order valence-corrected chi connectivity index (χ3v) is 3.41. The van der Waals surface area contributed by atoms with Crippen LogP contribution in [0.3, 0.4) is 0 Å². The fourth-order valence-corrected chi connectivity index (χ4v) is 2.23. The third kappa shape index (κ3) is 2.02. The molecular weight excluding hydrogens is 255 g/mol. The Morgan fingerprint density at radius 2 is 2.22 bits per heavy atom. The lowest BCUT2D eigenvalue weighted by atomic mass is 10.1. The van der Waals surface area contributed by atoms with Crippen LogP contribution >= 0.6 is 11.6 Å². The van der Waals surface area contributed by atoms with Gasteiger partial charge in [-0.25, -0.2) is 9.37 Å². The molecule has 1 aliphatic rings. The first-order valence-corrected chi connectivity index (χ1v) is 6.19. The lowest BCUT2D eigenvalue weighted by Crippen LogP contribution is -2.08. The van der Waals surface area contributed by atoms with E-state index in [2.05, 4.69) is 4.98 Å². The van der Waals surface area contributed by atoms with Crippen molar-refractivity contribution in [3.05, 3.63) is 52.8 Å². The van der Waals surface area contributed by atoms with Crippen LogP contribution in [0.25, 0.3) is 0 Å². The summed E-state index contributed by atoms with van der Waals surface area (Å²) in [4.78, 5) is 4.03. The van der Waals surface area contributed by atoms with Crippen molar-refractivity contribution >= 4 is 11.6 Å². The molecule has 3 nitrogen and oxygen atoms in total. The van der Waals surface area contributed by atoms with Crippen molar-refractivity contribution in [1.29, 1.82) is 0 Å². The zero-order valence-electron chi connectivity index (χ0n) is 9.55. The van der Waals surface area contributed by atoms with Gasteiger partial charge < -0.3 is 9.67 Å². The fraction of sp³-hybridized carbons (Fsp3) is 0.308. The standard InChI is InChI=1S/C13H12ClFN2O/c14-8-1-4-10(11(15)5-8)13(18)12-6-16-7-17(12)9-2-3-9/h1,4-7,9,13,18H,2-3H2. The second-order valence-electron chi connectivity index (χ2n) is 4.53. The van der Waals surface area contributed by atoms with Crippen molar-refractivity contribution in [1.82, 2.24) is 9.55 Å². The van der Waals surface area contributed by atoms with Crippen LogP contribution in [-0.2, 0) is 0 Å². The van der Waals surface area contributed by atoms with Gasteiger partial charge in [0.15, 0.2) is 0 Å². The van der Waals surface area contributed by atoms with Crippen LogP contribution in [0, 0.1) is 5.82 Å². The van der Waals surface area contributed by atoms with E-state index in [1.165, 1.54) is 12.1 Å². The van der Waals surface area contributed by atoms with Gasteiger partial charge in [-0.15, -0.1) is 0 Å². The molecule has 18 heavy (non-hydrogen) atoms. The van der Waals surface area contributed by atoms with Gasteiger partial charge in [-0.1, -0.05) is 17.7 Å². The highest BCUT2D eigenvalue weighted by atomic mass is 35.5. The predicted molar refractivity (Wildman–Crippen MR) is 66.0 cm³/mol. The highest BCUT2D eigenvalue weighted by Crippen LogP contribution is 2.38. The molecule has 1 atom stereocenters. The van der Waals surface area contributed by atoms with E-state index in [0.717, 1.165) is 12.8 Å². The quantitative estimate of drug-likeness (QED) is 0.927. The minimum Gasteiger partial charge on any atom is -0.382 e. The number of hydrogen-bond acceptors (Lipinski definition) is 2. The summed E-state index contributed by atoms with van der Waals surface area (Å²) in [5.41, 5.74) is 0.848. The number of nitrogens with zero attached hydrogens (tertiary/aromatic N) is 2. The zero-order valence-corrected chi connectivity index (χ0v) is 10.3. The van der Waals surface area contributed by atoms with E-state index in [1.807, 2.05) is 4.57 Å². The normalized spacial score (nSPS) is 16.8. The summed E-state index contributed by atoms with van der Waals surface area (Å²) in [6, 6.07) is 4.68. The van der Waals surface area contributed by atoms with Crippen LogP contribution in [0.2, 0.25) is 5.02 Å². The fourth-order valence-electron chi connectivity index (χ4n) is 2.07. The molecule has 0 radical (unpaired) electrons. The number of imidazole rings is 1. The molecule has 1 heterocycles. The topological polar surface area (TPSA) is 38.1 Å². The van der Waals surface area contributed by atoms with Crippen LogP contribution < -0.4 is 0 Å². The molecule has 0 bridgehead atoms. The second-order valence-corrected chi connectivity index (χ2v) is 4.96. The van der Waals surface area contributed by atoms with Gasteiger partial charge in [0.2, 0.25) is 0 Å². The SMILES string of the molecule is OC(c1ccc(Cl)cc1F)c1cncn1C1CC1. The molecule has 0 spiro atoms. The number of rotatable bonds is 3. The summed E-state index contributed by atoms with van der Waals surface area (Å²) in [7, 11) is 0. The predicted octanol–water partition coefficient (Wildman–Crippen LogP) is 3.09. The van der Waals surface area contributed by atoms with Gasteiger partial charge in [-0.3, -0.25) is 0 Å². The molecule has 2 aromatic rings.